The predicted octanol–water partition coefficient (Wildman–Crippen LogP) is 0.904. The summed E-state index contributed by atoms with van der Waals surface area (Å²) in [7, 11) is 1.54. The van der Waals surface area contributed by atoms with Crippen LogP contribution in [-0.4, -0.2) is 36.3 Å². The number of methoxy groups -OCH3 is 1. The SMILES string of the molecule is COC1C=C(/C=C/COO)C=CC1O. The number of hydrogen-bond donors (Lipinski definition) is 2. The van der Waals surface area contributed by atoms with Crippen molar-refractivity contribution in [3.63, 3.8) is 0 Å². The van der Waals surface area contributed by atoms with E-state index in [9.17, 15) is 5.11 Å². The van der Waals surface area contributed by atoms with Crippen LogP contribution < -0.4 is 0 Å². The second-order valence-corrected chi connectivity index (χ2v) is 2.91. The molecule has 0 saturated carbocycles. The maximum atomic E-state index is 9.41. The third-order valence-electron chi connectivity index (χ3n) is 1.93. The largest absolute Gasteiger partial charge is 0.386 e. The smallest absolute Gasteiger partial charge is 0.106 e. The van der Waals surface area contributed by atoms with Gasteiger partial charge < -0.3 is 9.84 Å². The lowest BCUT2D eigenvalue weighted by Gasteiger charge is -2.19. The number of aliphatic hydroxyl groups excluding tert-OH is 1. The van der Waals surface area contributed by atoms with Crippen molar-refractivity contribution >= 4 is 0 Å². The van der Waals surface area contributed by atoms with Crippen molar-refractivity contribution in [2.75, 3.05) is 13.7 Å². The van der Waals surface area contributed by atoms with Gasteiger partial charge >= 0.3 is 0 Å². The normalized spacial score (nSPS) is 26.9. The Morgan fingerprint density at radius 3 is 3.00 bits per heavy atom. The van der Waals surface area contributed by atoms with Crippen LogP contribution in [0.5, 0.6) is 0 Å². The van der Waals surface area contributed by atoms with Crippen LogP contribution in [0.2, 0.25) is 0 Å². The molecule has 4 nitrogen and oxygen atoms in total. The first-order valence-corrected chi connectivity index (χ1v) is 4.31. The van der Waals surface area contributed by atoms with E-state index in [4.69, 9.17) is 9.99 Å². The van der Waals surface area contributed by atoms with Crippen molar-refractivity contribution in [1.82, 2.24) is 0 Å². The van der Waals surface area contributed by atoms with Crippen molar-refractivity contribution in [2.24, 2.45) is 0 Å². The lowest BCUT2D eigenvalue weighted by Crippen LogP contribution is -2.26. The third-order valence-corrected chi connectivity index (χ3v) is 1.93. The maximum absolute atomic E-state index is 9.41. The molecule has 1 aliphatic rings. The molecule has 0 spiro atoms. The van der Waals surface area contributed by atoms with Crippen LogP contribution in [-0.2, 0) is 9.62 Å². The highest BCUT2D eigenvalue weighted by atomic mass is 17.1. The van der Waals surface area contributed by atoms with Crippen molar-refractivity contribution < 1.29 is 20.0 Å². The predicted molar refractivity (Wildman–Crippen MR) is 51.7 cm³/mol. The van der Waals surface area contributed by atoms with Crippen LogP contribution >= 0.6 is 0 Å². The third kappa shape index (κ3) is 3.08. The quantitative estimate of drug-likeness (QED) is 0.520. The fourth-order valence-corrected chi connectivity index (χ4v) is 1.21. The minimum atomic E-state index is -0.591. The van der Waals surface area contributed by atoms with E-state index in [-0.39, 0.29) is 12.7 Å². The summed E-state index contributed by atoms with van der Waals surface area (Å²) in [5.41, 5.74) is 0.916. The summed E-state index contributed by atoms with van der Waals surface area (Å²) in [5, 5.41) is 17.5. The van der Waals surface area contributed by atoms with E-state index in [2.05, 4.69) is 4.89 Å². The molecule has 14 heavy (non-hydrogen) atoms. The highest BCUT2D eigenvalue weighted by Crippen LogP contribution is 2.14. The van der Waals surface area contributed by atoms with E-state index >= 15 is 0 Å². The van der Waals surface area contributed by atoms with Gasteiger partial charge in [0, 0.05) is 7.11 Å². The van der Waals surface area contributed by atoms with Gasteiger partial charge in [0.1, 0.15) is 18.8 Å². The standard InChI is InChI=1S/C10H14O4/c1-13-10-7-8(3-2-6-14-12)4-5-9(10)11/h2-5,7,9-12H,6H2,1H3/b3-2+. The number of hydrogen-bond acceptors (Lipinski definition) is 4. The average Bonchev–Trinajstić information content (AvgIpc) is 2.21. The minimum Gasteiger partial charge on any atom is -0.386 e. The molecule has 78 valence electrons. The summed E-state index contributed by atoms with van der Waals surface area (Å²) < 4.78 is 5.05. The topological polar surface area (TPSA) is 58.9 Å². The summed E-state index contributed by atoms with van der Waals surface area (Å²) in [6, 6.07) is 0. The second kappa shape index (κ2) is 5.72. The van der Waals surface area contributed by atoms with Crippen LogP contribution in [0.25, 0.3) is 0 Å². The van der Waals surface area contributed by atoms with Crippen molar-refractivity contribution in [3.05, 3.63) is 36.0 Å². The second-order valence-electron chi connectivity index (χ2n) is 2.91. The van der Waals surface area contributed by atoms with E-state index < -0.39 is 6.10 Å². The molecule has 0 aromatic heterocycles. The molecule has 0 fully saturated rings. The lowest BCUT2D eigenvalue weighted by atomic mass is 10.0. The highest BCUT2D eigenvalue weighted by molar-refractivity contribution is 5.36. The molecule has 2 N–H and O–H groups in total. The Hall–Kier alpha value is -0.940. The van der Waals surface area contributed by atoms with E-state index in [1.165, 1.54) is 0 Å². The fourth-order valence-electron chi connectivity index (χ4n) is 1.21. The molecule has 0 aliphatic heterocycles. The molecule has 1 aliphatic carbocycles. The fraction of sp³-hybridized carbons (Fsp3) is 0.400. The summed E-state index contributed by atoms with van der Waals surface area (Å²) in [6.07, 6.45) is 7.80. The average molecular weight is 198 g/mol. The summed E-state index contributed by atoms with van der Waals surface area (Å²) in [4.78, 5) is 3.89. The van der Waals surface area contributed by atoms with Gasteiger partial charge in [0.15, 0.2) is 0 Å². The monoisotopic (exact) mass is 198 g/mol. The van der Waals surface area contributed by atoms with Crippen LogP contribution in [0.4, 0.5) is 0 Å². The molecular weight excluding hydrogens is 184 g/mol. The summed E-state index contributed by atoms with van der Waals surface area (Å²) >= 11 is 0. The number of allylic oxidation sites excluding steroid dienone is 3. The van der Waals surface area contributed by atoms with Gasteiger partial charge in [-0.05, 0) is 11.6 Å². The van der Waals surface area contributed by atoms with E-state index in [0.717, 1.165) is 5.57 Å². The van der Waals surface area contributed by atoms with Gasteiger partial charge in [-0.2, -0.15) is 0 Å². The van der Waals surface area contributed by atoms with Crippen molar-refractivity contribution in [3.8, 4) is 0 Å². The van der Waals surface area contributed by atoms with Crippen LogP contribution in [0.1, 0.15) is 0 Å². The van der Waals surface area contributed by atoms with Crippen LogP contribution in [0.15, 0.2) is 36.0 Å². The Balaban J connectivity index is 2.58. The lowest BCUT2D eigenvalue weighted by molar-refractivity contribution is -0.231. The molecular formula is C10H14O4. The molecule has 1 rings (SSSR count). The minimum absolute atomic E-state index is 0.144. The Morgan fingerprint density at radius 1 is 1.57 bits per heavy atom. The number of rotatable bonds is 4. The maximum Gasteiger partial charge on any atom is 0.106 e. The van der Waals surface area contributed by atoms with Gasteiger partial charge in [0.25, 0.3) is 0 Å². The number of ether oxygens (including phenoxy) is 1. The first-order chi connectivity index (χ1) is 6.77. The molecule has 0 aromatic rings. The van der Waals surface area contributed by atoms with Gasteiger partial charge in [0.05, 0.1) is 0 Å². The first-order valence-electron chi connectivity index (χ1n) is 4.31. The Kier molecular flexibility index (Phi) is 4.55. The molecule has 0 amide bonds. The van der Waals surface area contributed by atoms with Gasteiger partial charge in [0.2, 0.25) is 0 Å². The zero-order chi connectivity index (χ0) is 10.4. The van der Waals surface area contributed by atoms with Gasteiger partial charge in [-0.3, -0.25) is 5.26 Å². The van der Waals surface area contributed by atoms with Gasteiger partial charge in [-0.25, -0.2) is 4.89 Å². The summed E-state index contributed by atoms with van der Waals surface area (Å²) in [5.74, 6) is 0. The molecule has 2 atom stereocenters. The van der Waals surface area contributed by atoms with Gasteiger partial charge in [-0.1, -0.05) is 24.3 Å². The highest BCUT2D eigenvalue weighted by Gasteiger charge is 2.16. The van der Waals surface area contributed by atoms with E-state index in [1.807, 2.05) is 0 Å². The molecule has 4 heteroatoms. The van der Waals surface area contributed by atoms with Crippen molar-refractivity contribution in [2.45, 2.75) is 12.2 Å². The van der Waals surface area contributed by atoms with Crippen molar-refractivity contribution in [1.29, 1.82) is 0 Å². The molecule has 0 aromatic carbocycles. The molecule has 2 unspecified atom stereocenters. The van der Waals surface area contributed by atoms with E-state index in [1.54, 1.807) is 37.5 Å². The van der Waals surface area contributed by atoms with Crippen LogP contribution in [0.3, 0.4) is 0 Å². The molecule has 0 radical (unpaired) electrons. The number of aliphatic hydroxyl groups is 1. The van der Waals surface area contributed by atoms with Gasteiger partial charge in [-0.15, -0.1) is 0 Å². The molecule has 0 saturated heterocycles. The van der Waals surface area contributed by atoms with E-state index in [0.29, 0.717) is 0 Å². The Labute approximate surface area is 82.7 Å². The zero-order valence-electron chi connectivity index (χ0n) is 7.96. The zero-order valence-corrected chi connectivity index (χ0v) is 7.96. The Bertz CT molecular complexity index is 255. The first kappa shape index (κ1) is 11.1. The molecule has 0 heterocycles. The molecule has 0 bridgehead atoms. The summed E-state index contributed by atoms with van der Waals surface area (Å²) in [6.45, 7) is 0.144. The van der Waals surface area contributed by atoms with Crippen LogP contribution in [0, 0.1) is 0 Å². The Morgan fingerprint density at radius 2 is 2.36 bits per heavy atom.